The molecule has 0 spiro atoms. The first kappa shape index (κ1) is 50.2. The number of alkyl halides is 18. The van der Waals surface area contributed by atoms with Gasteiger partial charge in [0.1, 0.15) is 28.8 Å². The van der Waals surface area contributed by atoms with E-state index >= 15 is 0 Å². The molecule has 0 aromatic heterocycles. The Morgan fingerprint density at radius 3 is 1.19 bits per heavy atom. The van der Waals surface area contributed by atoms with Crippen molar-refractivity contribution in [2.75, 3.05) is 13.2 Å². The lowest BCUT2D eigenvalue weighted by Gasteiger charge is -2.33. The highest BCUT2D eigenvalue weighted by atomic mass is 32.2. The normalized spacial score (nSPS) is 14.7. The Balaban J connectivity index is 1.97. The number of hydrogen-bond acceptors (Lipinski definition) is 11. The summed E-state index contributed by atoms with van der Waals surface area (Å²) in [5.41, 5.74) is -9.66. The molecule has 0 radical (unpaired) electrons. The molecular weight excluding hydrogens is 970 g/mol. The van der Waals surface area contributed by atoms with E-state index in [9.17, 15) is 121 Å². The van der Waals surface area contributed by atoms with Gasteiger partial charge in [0.2, 0.25) is 0 Å². The van der Waals surface area contributed by atoms with Gasteiger partial charge in [0.25, 0.3) is 31.6 Å². The Hall–Kier alpha value is -5.44. The Kier molecular flexibility index (Phi) is 12.3. The molecule has 3 aromatic rings. The minimum Gasteiger partial charge on any atom is -0.507 e. The Morgan fingerprint density at radius 2 is 0.889 bits per heavy atom. The van der Waals surface area contributed by atoms with Gasteiger partial charge in [0.05, 0.1) is 21.0 Å². The lowest BCUT2D eigenvalue weighted by atomic mass is 10.0. The van der Waals surface area contributed by atoms with Crippen molar-refractivity contribution in [2.45, 2.75) is 57.7 Å². The fourth-order valence-electron chi connectivity index (χ4n) is 5.23. The van der Waals surface area contributed by atoms with E-state index in [1.807, 2.05) is 0 Å². The minimum atomic E-state index is -7.56. The van der Waals surface area contributed by atoms with Crippen LogP contribution in [0.1, 0.15) is 16.7 Å². The summed E-state index contributed by atoms with van der Waals surface area (Å²) in [5, 5.41) is 34.9. The van der Waals surface area contributed by atoms with Gasteiger partial charge in [0, 0.05) is 17.7 Å². The monoisotopic (exact) mass is 984 g/mol. The molecule has 0 aliphatic heterocycles. The number of phenols is 1. The number of rotatable bonds is 15. The standard InChI is InChI=1S/C30H14F18N2O11S2/c31-23(32,25(35,36)27(39,40)29(43,44)45)10-60-62(56,57)13-6-16-15(5-12-3-1-2-4-20(12)51)17-7-14(9-19(50(54)55)22(17)21(16)18(8-13)49(52)53)63(58,59)61-11-24(33,34)26(37,38)28(41,42)30(46,47)48/h1-9,51H,10-11H2. The first-order chi connectivity index (χ1) is 28.1. The second-order valence-electron chi connectivity index (χ2n) is 12.5. The van der Waals surface area contributed by atoms with E-state index in [0.717, 1.165) is 24.3 Å². The van der Waals surface area contributed by atoms with E-state index in [2.05, 4.69) is 8.37 Å². The van der Waals surface area contributed by atoms with Crippen molar-refractivity contribution in [1.82, 2.24) is 0 Å². The summed E-state index contributed by atoms with van der Waals surface area (Å²) < 4.78 is 300. The van der Waals surface area contributed by atoms with Crippen LogP contribution in [0.2, 0.25) is 0 Å². The topological polar surface area (TPSA) is 193 Å². The van der Waals surface area contributed by atoms with E-state index < -0.39 is 151 Å². The van der Waals surface area contributed by atoms with E-state index in [1.54, 1.807) is 0 Å². The molecule has 0 heterocycles. The largest absolute Gasteiger partial charge is 0.507 e. The van der Waals surface area contributed by atoms with Gasteiger partial charge in [-0.15, -0.1) is 0 Å². The summed E-state index contributed by atoms with van der Waals surface area (Å²) in [6, 6.07) is 3.55. The summed E-state index contributed by atoms with van der Waals surface area (Å²) >= 11 is 0. The summed E-state index contributed by atoms with van der Waals surface area (Å²) in [5.74, 6) is -44.3. The van der Waals surface area contributed by atoms with Crippen LogP contribution in [0.25, 0.3) is 22.8 Å². The van der Waals surface area contributed by atoms with Gasteiger partial charge >= 0.3 is 47.9 Å². The molecule has 0 amide bonds. The van der Waals surface area contributed by atoms with Crippen LogP contribution in [0.15, 0.2) is 58.3 Å². The van der Waals surface area contributed by atoms with Gasteiger partial charge in [-0.25, -0.2) is 0 Å². The minimum absolute atomic E-state index is 0.0297. The molecule has 0 saturated heterocycles. The highest BCUT2D eigenvalue weighted by Crippen LogP contribution is 2.57. The maximum Gasteiger partial charge on any atom is 0.460 e. The van der Waals surface area contributed by atoms with Gasteiger partial charge in [-0.05, 0) is 41.0 Å². The summed E-state index contributed by atoms with van der Waals surface area (Å²) in [7, 11) is -12.7. The molecule has 0 unspecified atom stereocenters. The Labute approximate surface area is 335 Å². The van der Waals surface area contributed by atoms with Gasteiger partial charge < -0.3 is 5.11 Å². The predicted molar refractivity (Wildman–Crippen MR) is 168 cm³/mol. The van der Waals surface area contributed by atoms with Crippen molar-refractivity contribution in [3.8, 4) is 16.9 Å². The number of nitro benzene ring substituents is 2. The quantitative estimate of drug-likeness (QED) is 0.0517. The van der Waals surface area contributed by atoms with E-state index in [4.69, 9.17) is 0 Å². The van der Waals surface area contributed by atoms with Crippen LogP contribution < -0.4 is 0 Å². The Morgan fingerprint density at radius 1 is 0.556 bits per heavy atom. The number of fused-ring (bicyclic) bond motifs is 3. The first-order valence-corrected chi connectivity index (χ1v) is 18.3. The third-order valence-corrected chi connectivity index (χ3v) is 10.9. The van der Waals surface area contributed by atoms with Crippen molar-refractivity contribution in [2.24, 2.45) is 0 Å². The van der Waals surface area contributed by atoms with Crippen LogP contribution in [0.3, 0.4) is 0 Å². The predicted octanol–water partition coefficient (Wildman–Crippen LogP) is 9.12. The average molecular weight is 985 g/mol. The van der Waals surface area contributed by atoms with Gasteiger partial charge in [-0.3, -0.25) is 28.6 Å². The van der Waals surface area contributed by atoms with E-state index in [0.29, 0.717) is 6.08 Å². The van der Waals surface area contributed by atoms with Gasteiger partial charge in [0.15, 0.2) is 0 Å². The number of hydrogen-bond donors (Lipinski definition) is 1. The van der Waals surface area contributed by atoms with Gasteiger partial charge in [-0.2, -0.15) is 95.9 Å². The lowest BCUT2D eigenvalue weighted by molar-refractivity contribution is -0.398. The Bertz CT molecular complexity index is 2480. The number of nitrogens with zero attached hydrogens (tertiary/aromatic N) is 2. The van der Waals surface area contributed by atoms with Crippen LogP contribution in [0, 0.1) is 20.2 Å². The fraction of sp³-hybridized carbons (Fsp3) is 0.333. The number of para-hydroxylation sites is 1. The molecule has 63 heavy (non-hydrogen) atoms. The van der Waals surface area contributed by atoms with Crippen LogP contribution in [-0.4, -0.2) is 92.9 Å². The highest BCUT2D eigenvalue weighted by Gasteiger charge is 2.83. The van der Waals surface area contributed by atoms with E-state index in [1.165, 1.54) is 0 Å². The summed E-state index contributed by atoms with van der Waals surface area (Å²) in [6.07, 6.45) is -14.2. The molecule has 3 aromatic carbocycles. The average Bonchev–Trinajstić information content (AvgIpc) is 3.45. The highest BCUT2D eigenvalue weighted by molar-refractivity contribution is 7.87. The van der Waals surface area contributed by atoms with Crippen LogP contribution >= 0.6 is 0 Å². The molecule has 348 valence electrons. The fourth-order valence-corrected chi connectivity index (χ4v) is 7.15. The number of nitro groups is 2. The number of phenolic OH excluding ortho intramolecular Hbond substituents is 1. The summed E-state index contributed by atoms with van der Waals surface area (Å²) in [4.78, 5) is 17.6. The van der Waals surface area contributed by atoms with Crippen molar-refractivity contribution in [1.29, 1.82) is 0 Å². The molecule has 1 N–H and O–H groups in total. The van der Waals surface area contributed by atoms with Crippen LogP contribution in [0.4, 0.5) is 90.4 Å². The molecule has 0 saturated carbocycles. The SMILES string of the molecule is O=[N+]([O-])c1cc(S(=O)(=O)OCC(F)(F)C(F)(F)C(F)(F)C(F)(F)F)cc2c1-c1c(cc(S(=O)(=O)OCC(F)(F)C(F)(F)C(F)(F)C(F)(F)F)cc1[N+](=O)[O-])C2=Cc1ccccc1O. The molecule has 0 fully saturated rings. The molecule has 4 rings (SSSR count). The zero-order chi connectivity index (χ0) is 48.7. The van der Waals surface area contributed by atoms with Crippen LogP contribution in [0.5, 0.6) is 5.75 Å². The number of aromatic hydroxyl groups is 1. The third kappa shape index (κ3) is 8.40. The maximum atomic E-state index is 14.2. The molecule has 33 heteroatoms. The maximum absolute atomic E-state index is 14.2. The van der Waals surface area contributed by atoms with E-state index in [-0.39, 0.29) is 24.3 Å². The van der Waals surface area contributed by atoms with Crippen molar-refractivity contribution in [3.63, 3.8) is 0 Å². The molecular formula is C30H14F18N2O11S2. The van der Waals surface area contributed by atoms with Crippen molar-refractivity contribution in [3.05, 3.63) is 85.4 Å². The second-order valence-corrected chi connectivity index (χ2v) is 15.7. The molecule has 1 aliphatic carbocycles. The lowest BCUT2D eigenvalue weighted by Crippen LogP contribution is -2.62. The number of benzene rings is 3. The third-order valence-electron chi connectivity index (χ3n) is 8.43. The molecule has 0 atom stereocenters. The number of halogens is 18. The summed E-state index contributed by atoms with van der Waals surface area (Å²) in [6.45, 7) is -7.10. The molecule has 1 aliphatic rings. The zero-order valence-electron chi connectivity index (χ0n) is 29.2. The first-order valence-electron chi connectivity index (χ1n) is 15.5. The van der Waals surface area contributed by atoms with Crippen molar-refractivity contribution >= 4 is 43.3 Å². The molecule has 13 nitrogen and oxygen atoms in total. The van der Waals surface area contributed by atoms with Crippen LogP contribution in [-0.2, 0) is 28.6 Å². The van der Waals surface area contributed by atoms with Gasteiger partial charge in [-0.1, -0.05) is 18.2 Å². The van der Waals surface area contributed by atoms with Crippen molar-refractivity contribution < 1.29 is 119 Å². The second kappa shape index (κ2) is 15.4. The molecule has 0 bridgehead atoms. The zero-order valence-corrected chi connectivity index (χ0v) is 30.8. The smallest absolute Gasteiger partial charge is 0.460 e.